The molecule has 1 heterocycles. The number of methoxy groups -OCH3 is 1. The number of thiazole rings is 1. The molecule has 3 rings (SSSR count). The van der Waals surface area contributed by atoms with E-state index in [1.54, 1.807) is 18.4 Å². The molecular formula is C16H20N2OS. The standard InChI is InChI=1S/C16H20N2OS/c1-11(2)18-16(15-17-8-9-20-15)7-6-12-4-5-13(19-3)10-14(12)16/h4-5,8-11,18H,6-7H2,1-3H3. The molecule has 0 saturated heterocycles. The van der Waals surface area contributed by atoms with Gasteiger partial charge in [0.25, 0.3) is 0 Å². The highest BCUT2D eigenvalue weighted by molar-refractivity contribution is 7.09. The molecule has 1 unspecified atom stereocenters. The smallest absolute Gasteiger partial charge is 0.119 e. The van der Waals surface area contributed by atoms with Gasteiger partial charge in [0.05, 0.1) is 12.6 Å². The summed E-state index contributed by atoms with van der Waals surface area (Å²) >= 11 is 1.72. The summed E-state index contributed by atoms with van der Waals surface area (Å²) in [5.74, 6) is 0.914. The summed E-state index contributed by atoms with van der Waals surface area (Å²) in [7, 11) is 1.72. The summed E-state index contributed by atoms with van der Waals surface area (Å²) in [5.41, 5.74) is 2.56. The van der Waals surface area contributed by atoms with Gasteiger partial charge in [-0.15, -0.1) is 11.3 Å². The number of nitrogens with zero attached hydrogens (tertiary/aromatic N) is 1. The molecule has 0 aliphatic heterocycles. The Hall–Kier alpha value is -1.39. The fourth-order valence-electron chi connectivity index (χ4n) is 3.12. The van der Waals surface area contributed by atoms with Gasteiger partial charge in [-0.3, -0.25) is 5.32 Å². The van der Waals surface area contributed by atoms with Crippen LogP contribution >= 0.6 is 11.3 Å². The zero-order valence-corrected chi connectivity index (χ0v) is 13.0. The van der Waals surface area contributed by atoms with Gasteiger partial charge in [0.2, 0.25) is 0 Å². The van der Waals surface area contributed by atoms with Crippen molar-refractivity contribution < 1.29 is 4.74 Å². The van der Waals surface area contributed by atoms with E-state index in [1.807, 2.05) is 12.3 Å². The molecule has 1 aromatic carbocycles. The molecular weight excluding hydrogens is 268 g/mol. The Bertz CT molecular complexity index is 595. The van der Waals surface area contributed by atoms with Crippen molar-refractivity contribution in [1.82, 2.24) is 10.3 Å². The SMILES string of the molecule is COc1ccc2c(c1)C(NC(C)C)(c1nccs1)CC2. The summed E-state index contributed by atoms with van der Waals surface area (Å²) in [4.78, 5) is 4.59. The monoisotopic (exact) mass is 288 g/mol. The lowest BCUT2D eigenvalue weighted by molar-refractivity contribution is 0.358. The lowest BCUT2D eigenvalue weighted by atomic mass is 9.91. The number of hydrogen-bond acceptors (Lipinski definition) is 4. The fourth-order valence-corrected chi connectivity index (χ4v) is 3.96. The molecule has 106 valence electrons. The molecule has 1 aliphatic rings. The van der Waals surface area contributed by atoms with Crippen molar-refractivity contribution in [3.05, 3.63) is 45.9 Å². The Morgan fingerprint density at radius 3 is 2.90 bits per heavy atom. The van der Waals surface area contributed by atoms with E-state index in [2.05, 4.69) is 41.7 Å². The van der Waals surface area contributed by atoms with Gasteiger partial charge in [-0.25, -0.2) is 4.98 Å². The zero-order valence-electron chi connectivity index (χ0n) is 12.1. The van der Waals surface area contributed by atoms with Crippen LogP contribution in [-0.4, -0.2) is 18.1 Å². The van der Waals surface area contributed by atoms with Gasteiger partial charge < -0.3 is 4.74 Å². The Morgan fingerprint density at radius 1 is 1.40 bits per heavy atom. The Kier molecular flexibility index (Phi) is 3.52. The van der Waals surface area contributed by atoms with E-state index in [9.17, 15) is 0 Å². The quantitative estimate of drug-likeness (QED) is 0.937. The second-order valence-corrected chi connectivity index (χ2v) is 6.46. The molecule has 0 radical (unpaired) electrons. The van der Waals surface area contributed by atoms with E-state index in [-0.39, 0.29) is 5.54 Å². The average molecular weight is 288 g/mol. The second kappa shape index (κ2) is 5.19. The molecule has 0 saturated carbocycles. The van der Waals surface area contributed by atoms with Gasteiger partial charge in [0.15, 0.2) is 0 Å². The third kappa shape index (κ3) is 2.13. The first-order valence-corrected chi connectivity index (χ1v) is 7.89. The maximum atomic E-state index is 5.41. The maximum absolute atomic E-state index is 5.41. The third-order valence-corrected chi connectivity index (χ3v) is 4.81. The minimum Gasteiger partial charge on any atom is -0.497 e. The highest BCUT2D eigenvalue weighted by Crippen LogP contribution is 2.44. The van der Waals surface area contributed by atoms with Crippen molar-refractivity contribution in [2.75, 3.05) is 7.11 Å². The van der Waals surface area contributed by atoms with Crippen LogP contribution in [0.1, 0.15) is 36.4 Å². The highest BCUT2D eigenvalue weighted by atomic mass is 32.1. The molecule has 1 aliphatic carbocycles. The Morgan fingerprint density at radius 2 is 2.25 bits per heavy atom. The van der Waals surface area contributed by atoms with Crippen LogP contribution in [0.5, 0.6) is 5.75 Å². The van der Waals surface area contributed by atoms with Gasteiger partial charge in [-0.2, -0.15) is 0 Å². The minimum atomic E-state index is -0.161. The lowest BCUT2D eigenvalue weighted by Crippen LogP contribution is -2.45. The number of aromatic nitrogens is 1. The number of nitrogens with one attached hydrogen (secondary N) is 1. The van der Waals surface area contributed by atoms with Crippen molar-refractivity contribution in [2.24, 2.45) is 0 Å². The number of aryl methyl sites for hydroxylation is 1. The average Bonchev–Trinajstić information content (AvgIpc) is 3.07. The predicted molar refractivity (Wildman–Crippen MR) is 82.5 cm³/mol. The largest absolute Gasteiger partial charge is 0.497 e. The summed E-state index contributed by atoms with van der Waals surface area (Å²) in [5, 5.41) is 6.96. The third-order valence-electron chi connectivity index (χ3n) is 3.88. The van der Waals surface area contributed by atoms with Crippen molar-refractivity contribution in [3.63, 3.8) is 0 Å². The molecule has 1 aromatic heterocycles. The minimum absolute atomic E-state index is 0.161. The van der Waals surface area contributed by atoms with Crippen molar-refractivity contribution in [3.8, 4) is 5.75 Å². The fraction of sp³-hybridized carbons (Fsp3) is 0.438. The van der Waals surface area contributed by atoms with E-state index >= 15 is 0 Å². The number of fused-ring (bicyclic) bond motifs is 1. The number of ether oxygens (including phenoxy) is 1. The second-order valence-electron chi connectivity index (χ2n) is 5.56. The van der Waals surface area contributed by atoms with Crippen LogP contribution in [-0.2, 0) is 12.0 Å². The van der Waals surface area contributed by atoms with E-state index in [0.29, 0.717) is 6.04 Å². The molecule has 20 heavy (non-hydrogen) atoms. The first-order chi connectivity index (χ1) is 9.65. The van der Waals surface area contributed by atoms with Gasteiger partial charge >= 0.3 is 0 Å². The van der Waals surface area contributed by atoms with E-state index in [0.717, 1.165) is 23.6 Å². The number of rotatable bonds is 4. The van der Waals surface area contributed by atoms with Crippen molar-refractivity contribution in [2.45, 2.75) is 38.3 Å². The lowest BCUT2D eigenvalue weighted by Gasteiger charge is -2.32. The Balaban J connectivity index is 2.14. The van der Waals surface area contributed by atoms with E-state index in [1.165, 1.54) is 11.1 Å². The summed E-state index contributed by atoms with van der Waals surface area (Å²) in [6, 6.07) is 6.80. The molecule has 0 amide bonds. The molecule has 0 bridgehead atoms. The summed E-state index contributed by atoms with van der Waals surface area (Å²) in [6.45, 7) is 4.38. The van der Waals surface area contributed by atoms with Crippen LogP contribution in [0.2, 0.25) is 0 Å². The molecule has 0 spiro atoms. The van der Waals surface area contributed by atoms with Crippen LogP contribution in [0.15, 0.2) is 29.8 Å². The van der Waals surface area contributed by atoms with Crippen molar-refractivity contribution in [1.29, 1.82) is 0 Å². The maximum Gasteiger partial charge on any atom is 0.119 e. The van der Waals surface area contributed by atoms with Gasteiger partial charge in [0.1, 0.15) is 10.8 Å². The molecule has 0 fully saturated rings. The molecule has 2 aromatic rings. The summed E-state index contributed by atoms with van der Waals surface area (Å²) < 4.78 is 5.41. The van der Waals surface area contributed by atoms with Gasteiger partial charge in [0, 0.05) is 17.6 Å². The Labute approximate surface area is 124 Å². The van der Waals surface area contributed by atoms with Gasteiger partial charge in [-0.1, -0.05) is 6.07 Å². The van der Waals surface area contributed by atoms with Gasteiger partial charge in [-0.05, 0) is 49.9 Å². The first-order valence-electron chi connectivity index (χ1n) is 7.01. The number of benzene rings is 1. The number of hydrogen-bond donors (Lipinski definition) is 1. The molecule has 1 atom stereocenters. The zero-order chi connectivity index (χ0) is 14.2. The molecule has 3 nitrogen and oxygen atoms in total. The van der Waals surface area contributed by atoms with Crippen molar-refractivity contribution >= 4 is 11.3 Å². The van der Waals surface area contributed by atoms with E-state index < -0.39 is 0 Å². The predicted octanol–water partition coefficient (Wildman–Crippen LogP) is 3.34. The normalized spacial score (nSPS) is 21.2. The molecule has 4 heteroatoms. The van der Waals surface area contributed by atoms with Crippen LogP contribution < -0.4 is 10.1 Å². The van der Waals surface area contributed by atoms with E-state index in [4.69, 9.17) is 4.74 Å². The van der Waals surface area contributed by atoms with Crippen LogP contribution in [0.3, 0.4) is 0 Å². The van der Waals surface area contributed by atoms with Crippen LogP contribution in [0.4, 0.5) is 0 Å². The molecule has 1 N–H and O–H groups in total. The topological polar surface area (TPSA) is 34.1 Å². The van der Waals surface area contributed by atoms with Crippen LogP contribution in [0, 0.1) is 0 Å². The highest BCUT2D eigenvalue weighted by Gasteiger charge is 2.42. The van der Waals surface area contributed by atoms with Crippen LogP contribution in [0.25, 0.3) is 0 Å². The summed E-state index contributed by atoms with van der Waals surface area (Å²) in [6.07, 6.45) is 4.03. The first kappa shape index (κ1) is 13.6.